The fourth-order valence-corrected chi connectivity index (χ4v) is 3.25. The molecule has 0 unspecified atom stereocenters. The summed E-state index contributed by atoms with van der Waals surface area (Å²) in [7, 11) is 1.56. The minimum absolute atomic E-state index is 0.00676. The van der Waals surface area contributed by atoms with Gasteiger partial charge >= 0.3 is 0 Å². The molecule has 8 nitrogen and oxygen atoms in total. The van der Waals surface area contributed by atoms with Crippen molar-refractivity contribution in [1.29, 1.82) is 0 Å². The lowest BCUT2D eigenvalue weighted by atomic mass is 10.0. The topological polar surface area (TPSA) is 113 Å². The van der Waals surface area contributed by atoms with Crippen LogP contribution in [0.5, 0.6) is 5.88 Å². The third kappa shape index (κ3) is 4.77. The Labute approximate surface area is 163 Å². The smallest absolute Gasteiger partial charge is 0.271 e. The number of H-pyrrole nitrogens is 1. The quantitative estimate of drug-likeness (QED) is 0.649. The molecule has 3 rings (SSSR count). The van der Waals surface area contributed by atoms with Gasteiger partial charge in [0.2, 0.25) is 11.8 Å². The Bertz CT molecular complexity index is 909. The van der Waals surface area contributed by atoms with Crippen LogP contribution in [-0.4, -0.2) is 53.6 Å². The number of aromatic amines is 1. The molecule has 1 aliphatic heterocycles. The lowest BCUT2D eigenvalue weighted by Gasteiger charge is -2.33. The Hall–Kier alpha value is -3.13. The summed E-state index contributed by atoms with van der Waals surface area (Å²) in [5.41, 5.74) is 7.42. The van der Waals surface area contributed by atoms with Crippen LogP contribution in [0.25, 0.3) is 11.1 Å². The molecular formula is C20H25N5O3. The van der Waals surface area contributed by atoms with Crippen LogP contribution in [0, 0.1) is 0 Å². The molecule has 2 aromatic heterocycles. The Balaban J connectivity index is 1.75. The Morgan fingerprint density at radius 1 is 1.46 bits per heavy atom. The number of aromatic nitrogens is 2. The summed E-state index contributed by atoms with van der Waals surface area (Å²) >= 11 is 0. The number of ether oxygens (including phenoxy) is 1. The van der Waals surface area contributed by atoms with Crippen molar-refractivity contribution in [3.05, 3.63) is 53.1 Å². The van der Waals surface area contributed by atoms with Crippen LogP contribution in [-0.2, 0) is 4.79 Å². The van der Waals surface area contributed by atoms with Crippen molar-refractivity contribution in [2.45, 2.75) is 18.9 Å². The van der Waals surface area contributed by atoms with Gasteiger partial charge < -0.3 is 25.7 Å². The van der Waals surface area contributed by atoms with Crippen LogP contribution in [0.15, 0.2) is 47.5 Å². The molecule has 0 spiro atoms. The van der Waals surface area contributed by atoms with Gasteiger partial charge in [-0.05, 0) is 30.5 Å². The van der Waals surface area contributed by atoms with Gasteiger partial charge in [-0.2, -0.15) is 0 Å². The summed E-state index contributed by atoms with van der Waals surface area (Å²) in [4.78, 5) is 33.1. The predicted molar refractivity (Wildman–Crippen MR) is 108 cm³/mol. The number of amides is 1. The van der Waals surface area contributed by atoms with Gasteiger partial charge in [0.1, 0.15) is 5.69 Å². The van der Waals surface area contributed by atoms with Crippen LogP contribution in [0.3, 0.4) is 0 Å². The van der Waals surface area contributed by atoms with Crippen molar-refractivity contribution in [1.82, 2.24) is 14.9 Å². The van der Waals surface area contributed by atoms with Crippen molar-refractivity contribution in [2.75, 3.05) is 32.1 Å². The van der Waals surface area contributed by atoms with E-state index in [0.29, 0.717) is 31.2 Å². The maximum atomic E-state index is 12.3. The van der Waals surface area contributed by atoms with E-state index in [2.05, 4.69) is 15.3 Å². The number of carbonyl (C=O) groups excluding carboxylic acids is 1. The molecular weight excluding hydrogens is 358 g/mol. The summed E-state index contributed by atoms with van der Waals surface area (Å²) in [5, 5.41) is 3.30. The molecule has 1 saturated heterocycles. The molecule has 0 aliphatic carbocycles. The third-order valence-electron chi connectivity index (χ3n) is 4.67. The summed E-state index contributed by atoms with van der Waals surface area (Å²) in [6.45, 7) is 1.59. The Morgan fingerprint density at radius 3 is 3.11 bits per heavy atom. The number of hydrogen-bond acceptors (Lipinski definition) is 6. The molecule has 0 bridgehead atoms. The fourth-order valence-electron chi connectivity index (χ4n) is 3.25. The first-order valence-corrected chi connectivity index (χ1v) is 9.26. The summed E-state index contributed by atoms with van der Waals surface area (Å²) < 4.78 is 5.16. The number of methoxy groups -OCH3 is 1. The summed E-state index contributed by atoms with van der Waals surface area (Å²) in [6.07, 6.45) is 8.24. The van der Waals surface area contributed by atoms with E-state index in [1.807, 2.05) is 18.2 Å². The van der Waals surface area contributed by atoms with Gasteiger partial charge in [0.25, 0.3) is 5.56 Å². The van der Waals surface area contributed by atoms with E-state index in [9.17, 15) is 9.59 Å². The molecule has 0 radical (unpaired) electrons. The number of nitrogens with two attached hydrogens (primary N) is 1. The van der Waals surface area contributed by atoms with E-state index >= 15 is 0 Å². The molecule has 0 saturated carbocycles. The number of nitrogens with one attached hydrogen (secondary N) is 2. The van der Waals surface area contributed by atoms with Gasteiger partial charge in [-0.1, -0.05) is 6.08 Å². The Morgan fingerprint density at radius 2 is 2.32 bits per heavy atom. The van der Waals surface area contributed by atoms with Crippen molar-refractivity contribution in [2.24, 2.45) is 5.73 Å². The lowest BCUT2D eigenvalue weighted by Crippen LogP contribution is -2.45. The highest BCUT2D eigenvalue weighted by Gasteiger charge is 2.23. The van der Waals surface area contributed by atoms with Gasteiger partial charge in [-0.15, -0.1) is 0 Å². The van der Waals surface area contributed by atoms with Crippen molar-refractivity contribution in [3.8, 4) is 17.0 Å². The monoisotopic (exact) mass is 383 g/mol. The number of hydrogen-bond donors (Lipinski definition) is 3. The number of anilines is 1. The average molecular weight is 383 g/mol. The van der Waals surface area contributed by atoms with Crippen molar-refractivity contribution in [3.63, 3.8) is 0 Å². The molecule has 3 heterocycles. The number of carbonyl (C=O) groups is 1. The normalized spacial score (nSPS) is 16.9. The second-order valence-electron chi connectivity index (χ2n) is 6.62. The number of likely N-dealkylation sites (tertiary alicyclic amines) is 1. The predicted octanol–water partition coefficient (Wildman–Crippen LogP) is 1.36. The van der Waals surface area contributed by atoms with E-state index in [1.165, 1.54) is 6.08 Å². The van der Waals surface area contributed by atoms with Crippen LogP contribution in [0.4, 0.5) is 5.69 Å². The largest absolute Gasteiger partial charge is 0.481 e. The molecule has 8 heteroatoms. The highest BCUT2D eigenvalue weighted by molar-refractivity contribution is 5.87. The molecule has 1 atom stereocenters. The molecule has 148 valence electrons. The molecule has 4 N–H and O–H groups in total. The third-order valence-corrected chi connectivity index (χ3v) is 4.67. The van der Waals surface area contributed by atoms with E-state index < -0.39 is 0 Å². The zero-order chi connectivity index (χ0) is 19.9. The minimum atomic E-state index is -0.198. The molecule has 28 heavy (non-hydrogen) atoms. The minimum Gasteiger partial charge on any atom is -0.481 e. The van der Waals surface area contributed by atoms with E-state index in [1.54, 1.807) is 30.5 Å². The number of nitrogens with zero attached hydrogens (tertiary/aromatic N) is 2. The highest BCUT2D eigenvalue weighted by Crippen LogP contribution is 2.23. The fraction of sp³-hybridized carbons (Fsp3) is 0.350. The standard InChI is InChI=1S/C20H25N5O3/c1-28-18-11-14(6-8-22-18)15-10-17(20(27)23-12-15)24-16-4-3-9-25(13-16)19(26)5-2-7-21/h2,5-6,8,10-12,16,24H,3-4,7,9,13,21H2,1H3,(H,23,27)/b5-2+/t16-/m0/s1. The number of piperidine rings is 1. The first-order valence-electron chi connectivity index (χ1n) is 9.26. The molecule has 0 aromatic carbocycles. The maximum Gasteiger partial charge on any atom is 0.271 e. The van der Waals surface area contributed by atoms with Gasteiger partial charge in [0, 0.05) is 55.8 Å². The molecule has 1 aliphatic rings. The number of rotatable bonds is 6. The zero-order valence-corrected chi connectivity index (χ0v) is 15.9. The van der Waals surface area contributed by atoms with Crippen LogP contribution in [0.1, 0.15) is 12.8 Å². The second kappa shape index (κ2) is 9.18. The second-order valence-corrected chi connectivity index (χ2v) is 6.62. The van der Waals surface area contributed by atoms with Crippen LogP contribution in [0.2, 0.25) is 0 Å². The highest BCUT2D eigenvalue weighted by atomic mass is 16.5. The van der Waals surface area contributed by atoms with E-state index in [0.717, 1.165) is 24.0 Å². The lowest BCUT2D eigenvalue weighted by molar-refractivity contribution is -0.127. The number of pyridine rings is 2. The molecule has 1 fully saturated rings. The van der Waals surface area contributed by atoms with Gasteiger partial charge in [0.15, 0.2) is 0 Å². The first kappa shape index (κ1) is 19.6. The Kier molecular flexibility index (Phi) is 6.44. The van der Waals surface area contributed by atoms with Crippen molar-refractivity contribution >= 4 is 11.6 Å². The van der Waals surface area contributed by atoms with E-state index in [-0.39, 0.29) is 17.5 Å². The van der Waals surface area contributed by atoms with Crippen LogP contribution < -0.4 is 21.3 Å². The summed E-state index contributed by atoms with van der Waals surface area (Å²) in [5.74, 6) is 0.452. The van der Waals surface area contributed by atoms with E-state index in [4.69, 9.17) is 10.5 Å². The SMILES string of the molecule is COc1cc(-c2c[nH]c(=O)c(N[C@H]3CCCN(C(=O)/C=C/CN)C3)c2)ccn1. The maximum absolute atomic E-state index is 12.3. The molecule has 1 amide bonds. The first-order chi connectivity index (χ1) is 13.6. The van der Waals surface area contributed by atoms with Gasteiger partial charge in [-0.25, -0.2) is 4.98 Å². The summed E-state index contributed by atoms with van der Waals surface area (Å²) in [6, 6.07) is 5.47. The average Bonchev–Trinajstić information content (AvgIpc) is 2.73. The van der Waals surface area contributed by atoms with Crippen molar-refractivity contribution < 1.29 is 9.53 Å². The molecule has 2 aromatic rings. The van der Waals surface area contributed by atoms with Gasteiger partial charge in [-0.3, -0.25) is 9.59 Å². The van der Waals surface area contributed by atoms with Crippen LogP contribution >= 0.6 is 0 Å². The zero-order valence-electron chi connectivity index (χ0n) is 15.9. The van der Waals surface area contributed by atoms with Gasteiger partial charge in [0.05, 0.1) is 7.11 Å².